The van der Waals surface area contributed by atoms with Crippen LogP contribution in [0.25, 0.3) is 0 Å². The van der Waals surface area contributed by atoms with Gasteiger partial charge in [-0.1, -0.05) is 12.1 Å². The van der Waals surface area contributed by atoms with Crippen molar-refractivity contribution >= 4 is 21.4 Å². The topological polar surface area (TPSA) is 69.3 Å². The van der Waals surface area contributed by atoms with Crippen LogP contribution in [0.1, 0.15) is 12.8 Å². The Morgan fingerprint density at radius 2 is 1.90 bits per heavy atom. The van der Waals surface area contributed by atoms with Crippen molar-refractivity contribution in [2.45, 2.75) is 23.9 Å². The number of imidazole rings is 1. The van der Waals surface area contributed by atoms with E-state index >= 15 is 0 Å². The third kappa shape index (κ3) is 1.99. The highest BCUT2D eigenvalue weighted by molar-refractivity contribution is 7.92. The predicted octanol–water partition coefficient (Wildman–Crippen LogP) is 1.59. The molecule has 1 N–H and O–H groups in total. The number of nitrogens with zero attached hydrogens (tertiary/aromatic N) is 3. The minimum Gasteiger partial charge on any atom is -0.365 e. The molecule has 2 aromatic rings. The lowest BCUT2D eigenvalue weighted by atomic mass is 10.2. The molecule has 0 atom stereocenters. The average molecular weight is 304 g/mol. The summed E-state index contributed by atoms with van der Waals surface area (Å²) in [7, 11) is -3.57. The Labute approximate surface area is 123 Å². The van der Waals surface area contributed by atoms with Crippen LogP contribution in [0.15, 0.2) is 41.8 Å². The van der Waals surface area contributed by atoms with Crippen molar-refractivity contribution in [2.75, 3.05) is 22.3 Å². The predicted molar refractivity (Wildman–Crippen MR) is 79.9 cm³/mol. The van der Waals surface area contributed by atoms with Crippen molar-refractivity contribution in [3.8, 4) is 0 Å². The number of hydrogen-bond donors (Lipinski definition) is 1. The third-order valence-corrected chi connectivity index (χ3v) is 5.77. The summed E-state index contributed by atoms with van der Waals surface area (Å²) in [5.41, 5.74) is 1.76. The fraction of sp³-hybridized carbons (Fsp3) is 0.357. The van der Waals surface area contributed by atoms with Gasteiger partial charge in [0.25, 0.3) is 10.0 Å². The Morgan fingerprint density at radius 3 is 2.57 bits per heavy atom. The molecule has 2 heterocycles. The molecule has 6 nitrogen and oxygen atoms in total. The largest absolute Gasteiger partial charge is 0.365 e. The standard InChI is InChI=1S/C14H16N4O2S/c19-21(20,14-9-15-10-16-14)18-8-7-17(11-5-6-11)12-3-1-2-4-13(12)18/h1-4,9-11H,5-8H2,(H,15,16). The van der Waals surface area contributed by atoms with E-state index in [0.29, 0.717) is 12.6 Å². The van der Waals surface area contributed by atoms with Gasteiger partial charge < -0.3 is 9.88 Å². The number of sulfonamides is 1. The van der Waals surface area contributed by atoms with Gasteiger partial charge in [0, 0.05) is 12.6 Å². The highest BCUT2D eigenvalue weighted by Gasteiger charge is 2.37. The maximum Gasteiger partial charge on any atom is 0.281 e. The summed E-state index contributed by atoms with van der Waals surface area (Å²) in [5, 5.41) is 0.136. The molecule has 0 saturated heterocycles. The Hall–Kier alpha value is -2.02. The number of para-hydroxylation sites is 2. The van der Waals surface area contributed by atoms with Gasteiger partial charge in [-0.3, -0.25) is 4.31 Å². The summed E-state index contributed by atoms with van der Waals surface area (Å²) < 4.78 is 27.0. The van der Waals surface area contributed by atoms with Crippen molar-refractivity contribution < 1.29 is 8.42 Å². The van der Waals surface area contributed by atoms with Crippen molar-refractivity contribution in [2.24, 2.45) is 0 Å². The molecule has 7 heteroatoms. The summed E-state index contributed by atoms with van der Waals surface area (Å²) >= 11 is 0. The van der Waals surface area contributed by atoms with Crippen molar-refractivity contribution in [3.63, 3.8) is 0 Å². The van der Waals surface area contributed by atoms with Crippen LogP contribution in [0.3, 0.4) is 0 Å². The van der Waals surface area contributed by atoms with Crippen LogP contribution in [0.2, 0.25) is 0 Å². The molecule has 0 unspecified atom stereocenters. The van der Waals surface area contributed by atoms with Gasteiger partial charge in [0.15, 0.2) is 5.03 Å². The lowest BCUT2D eigenvalue weighted by molar-refractivity contribution is 0.585. The number of fused-ring (bicyclic) bond motifs is 1. The molecule has 1 fully saturated rings. The fourth-order valence-corrected chi connectivity index (χ4v) is 4.24. The maximum absolute atomic E-state index is 12.7. The number of H-pyrrole nitrogens is 1. The van der Waals surface area contributed by atoms with E-state index in [1.54, 1.807) is 0 Å². The van der Waals surface area contributed by atoms with Gasteiger partial charge in [0.2, 0.25) is 0 Å². The van der Waals surface area contributed by atoms with E-state index in [1.165, 1.54) is 29.7 Å². The smallest absolute Gasteiger partial charge is 0.281 e. The minimum absolute atomic E-state index is 0.136. The van der Waals surface area contributed by atoms with E-state index in [2.05, 4.69) is 14.9 Å². The zero-order valence-corrected chi connectivity index (χ0v) is 12.3. The molecule has 2 aliphatic rings. The van der Waals surface area contributed by atoms with Gasteiger partial charge >= 0.3 is 0 Å². The van der Waals surface area contributed by atoms with E-state index in [9.17, 15) is 8.42 Å². The first-order valence-electron chi connectivity index (χ1n) is 7.05. The third-order valence-electron chi connectivity index (χ3n) is 4.03. The molecule has 21 heavy (non-hydrogen) atoms. The summed E-state index contributed by atoms with van der Waals surface area (Å²) in [5.74, 6) is 0. The van der Waals surface area contributed by atoms with Gasteiger partial charge in [-0.25, -0.2) is 4.98 Å². The molecule has 0 radical (unpaired) electrons. The lowest BCUT2D eigenvalue weighted by Gasteiger charge is -2.38. The number of aromatic nitrogens is 2. The molecule has 110 valence electrons. The lowest BCUT2D eigenvalue weighted by Crippen LogP contribution is -2.45. The van der Waals surface area contributed by atoms with E-state index in [4.69, 9.17) is 0 Å². The van der Waals surface area contributed by atoms with Crippen molar-refractivity contribution in [1.29, 1.82) is 0 Å². The van der Waals surface area contributed by atoms with Gasteiger partial charge in [-0.15, -0.1) is 0 Å². The number of benzene rings is 1. The van der Waals surface area contributed by atoms with E-state index in [0.717, 1.165) is 17.9 Å². The van der Waals surface area contributed by atoms with Gasteiger partial charge in [-0.05, 0) is 25.0 Å². The van der Waals surface area contributed by atoms with Crippen LogP contribution in [-0.4, -0.2) is 37.5 Å². The van der Waals surface area contributed by atoms with Gasteiger partial charge in [-0.2, -0.15) is 8.42 Å². The van der Waals surface area contributed by atoms with Crippen molar-refractivity contribution in [1.82, 2.24) is 9.97 Å². The molecular formula is C14H16N4O2S. The zero-order valence-electron chi connectivity index (χ0n) is 11.4. The molecule has 1 aliphatic heterocycles. The summed E-state index contributed by atoms with van der Waals surface area (Å²) in [6, 6.07) is 8.29. The highest BCUT2D eigenvalue weighted by Crippen LogP contribution is 2.41. The Morgan fingerprint density at radius 1 is 1.14 bits per heavy atom. The summed E-state index contributed by atoms with van der Waals surface area (Å²) in [6.07, 6.45) is 5.13. The number of hydrogen-bond acceptors (Lipinski definition) is 4. The first-order valence-corrected chi connectivity index (χ1v) is 8.49. The van der Waals surface area contributed by atoms with Crippen LogP contribution in [0, 0.1) is 0 Å². The molecule has 0 spiro atoms. The first kappa shape index (κ1) is 12.7. The van der Waals surface area contributed by atoms with Gasteiger partial charge in [0.1, 0.15) is 0 Å². The quantitative estimate of drug-likeness (QED) is 0.935. The zero-order chi connectivity index (χ0) is 14.4. The number of nitrogens with one attached hydrogen (secondary N) is 1. The SMILES string of the molecule is O=S(=O)(c1cnc[nH]1)N1CCN(C2CC2)c2ccccc21. The van der Waals surface area contributed by atoms with E-state index in [1.807, 2.05) is 24.3 Å². The highest BCUT2D eigenvalue weighted by atomic mass is 32.2. The van der Waals surface area contributed by atoms with Crippen LogP contribution in [0.5, 0.6) is 0 Å². The Bertz CT molecular complexity index is 753. The Balaban J connectivity index is 1.79. The molecule has 1 aromatic heterocycles. The van der Waals surface area contributed by atoms with Crippen LogP contribution in [0.4, 0.5) is 11.4 Å². The van der Waals surface area contributed by atoms with Crippen molar-refractivity contribution in [3.05, 3.63) is 36.8 Å². The second-order valence-electron chi connectivity index (χ2n) is 5.41. The monoisotopic (exact) mass is 304 g/mol. The number of anilines is 2. The summed E-state index contributed by atoms with van der Waals surface area (Å²) in [4.78, 5) is 8.85. The van der Waals surface area contributed by atoms with Crippen LogP contribution in [-0.2, 0) is 10.0 Å². The fourth-order valence-electron chi connectivity index (χ4n) is 2.88. The molecule has 1 aliphatic carbocycles. The van der Waals surface area contributed by atoms with Crippen LogP contribution < -0.4 is 9.21 Å². The first-order chi connectivity index (χ1) is 10.2. The average Bonchev–Trinajstić information content (AvgIpc) is 3.18. The molecule has 1 saturated carbocycles. The molecule has 0 amide bonds. The van der Waals surface area contributed by atoms with Gasteiger partial charge in [0.05, 0.1) is 30.4 Å². The minimum atomic E-state index is -3.57. The molecular weight excluding hydrogens is 288 g/mol. The maximum atomic E-state index is 12.7. The number of aromatic amines is 1. The second kappa shape index (κ2) is 4.49. The Kier molecular flexibility index (Phi) is 2.72. The van der Waals surface area contributed by atoms with E-state index < -0.39 is 10.0 Å². The van der Waals surface area contributed by atoms with E-state index in [-0.39, 0.29) is 5.03 Å². The number of rotatable bonds is 3. The molecule has 0 bridgehead atoms. The summed E-state index contributed by atoms with van der Waals surface area (Å²) in [6.45, 7) is 1.20. The second-order valence-corrected chi connectivity index (χ2v) is 7.24. The van der Waals surface area contributed by atoms with Crippen LogP contribution >= 0.6 is 0 Å². The molecule has 4 rings (SSSR count). The molecule has 1 aromatic carbocycles. The normalized spacial score (nSPS) is 18.7.